The van der Waals surface area contributed by atoms with Crippen molar-refractivity contribution in [2.45, 2.75) is 58.8 Å². The van der Waals surface area contributed by atoms with Crippen LogP contribution in [0.2, 0.25) is 0 Å². The maximum atomic E-state index is 14.7. The molecule has 4 aliphatic rings. The average Bonchev–Trinajstić information content (AvgIpc) is 3.51. The van der Waals surface area contributed by atoms with Gasteiger partial charge in [-0.15, -0.1) is 0 Å². The monoisotopic (exact) mass is 628 g/mol. The number of anilines is 2. The number of Topliss-reactive ketones (excluding diaryl/α,β-unsaturated/α-hetero) is 1. The van der Waals surface area contributed by atoms with Crippen LogP contribution in [0, 0.1) is 34.5 Å². The standard InChI is InChI=1S/C36H40N2O8/c1-18-16-35-19(2)14-25-28(34(25,4)5)24(30(35)41)15-21(17-45-20(3)39)31(36(35,44)29(18)40)46-33(43)23-11-7-9-13-27(23)38-32(42)22-10-6-8-12-26(22)37/h6-13,15-16,19,24-25,28-29,31,40,44H,14,17,37H2,1-5H3,(H,38,42). The second-order valence-corrected chi connectivity index (χ2v) is 13.9. The molecule has 2 saturated carbocycles. The largest absolute Gasteiger partial charge is 0.461 e. The van der Waals surface area contributed by atoms with Gasteiger partial charge in [0.05, 0.1) is 22.2 Å². The smallest absolute Gasteiger partial charge is 0.340 e. The van der Waals surface area contributed by atoms with Gasteiger partial charge in [0.1, 0.15) is 12.7 Å². The molecule has 2 bridgehead atoms. The van der Waals surface area contributed by atoms with Crippen LogP contribution >= 0.6 is 0 Å². The highest BCUT2D eigenvalue weighted by molar-refractivity contribution is 6.10. The molecular weight excluding hydrogens is 588 g/mol. The van der Waals surface area contributed by atoms with Crippen LogP contribution in [0.3, 0.4) is 0 Å². The number of ketones is 1. The Morgan fingerprint density at radius 2 is 1.72 bits per heavy atom. The van der Waals surface area contributed by atoms with Crippen molar-refractivity contribution in [3.05, 3.63) is 83.0 Å². The van der Waals surface area contributed by atoms with Crippen LogP contribution < -0.4 is 11.1 Å². The van der Waals surface area contributed by atoms with Crippen LogP contribution in [0.25, 0.3) is 0 Å². The summed E-state index contributed by atoms with van der Waals surface area (Å²) in [6, 6.07) is 12.7. The number of hydrogen-bond acceptors (Lipinski definition) is 9. The van der Waals surface area contributed by atoms with Crippen molar-refractivity contribution in [1.29, 1.82) is 0 Å². The number of carbonyl (C=O) groups is 4. The Labute approximate surface area is 267 Å². The summed E-state index contributed by atoms with van der Waals surface area (Å²) in [5, 5.41) is 27.3. The number of allylic oxidation sites excluding steroid dienone is 1. The number of amides is 1. The number of nitrogens with one attached hydrogen (secondary N) is 1. The Bertz CT molecular complexity index is 1710. The van der Waals surface area contributed by atoms with E-state index in [0.29, 0.717) is 12.0 Å². The van der Waals surface area contributed by atoms with Gasteiger partial charge in [-0.1, -0.05) is 57.2 Å². The van der Waals surface area contributed by atoms with E-state index in [4.69, 9.17) is 15.2 Å². The number of esters is 2. The fraction of sp³-hybridized carbons (Fsp3) is 0.444. The van der Waals surface area contributed by atoms with E-state index in [0.717, 1.165) is 0 Å². The van der Waals surface area contributed by atoms with Gasteiger partial charge in [0.15, 0.2) is 17.5 Å². The number of nitrogens with two attached hydrogens (primary N) is 1. The number of fused-ring (bicyclic) bond motifs is 3. The number of hydrogen-bond donors (Lipinski definition) is 4. The van der Waals surface area contributed by atoms with Crippen molar-refractivity contribution < 1.29 is 38.9 Å². The van der Waals surface area contributed by atoms with Crippen LogP contribution in [-0.4, -0.2) is 58.3 Å². The van der Waals surface area contributed by atoms with E-state index in [2.05, 4.69) is 19.2 Å². The second-order valence-electron chi connectivity index (χ2n) is 13.9. The molecule has 4 aliphatic carbocycles. The highest BCUT2D eigenvalue weighted by atomic mass is 16.6. The van der Waals surface area contributed by atoms with Crippen LogP contribution in [0.1, 0.15) is 61.8 Å². The first-order valence-corrected chi connectivity index (χ1v) is 15.6. The van der Waals surface area contributed by atoms with Gasteiger partial charge in [0.2, 0.25) is 0 Å². The van der Waals surface area contributed by atoms with Crippen molar-refractivity contribution >= 4 is 35.0 Å². The van der Waals surface area contributed by atoms with E-state index >= 15 is 0 Å². The molecule has 0 heterocycles. The van der Waals surface area contributed by atoms with Crippen molar-refractivity contribution in [3.8, 4) is 0 Å². The van der Waals surface area contributed by atoms with Gasteiger partial charge in [0.25, 0.3) is 5.91 Å². The van der Waals surface area contributed by atoms with Gasteiger partial charge in [-0.3, -0.25) is 14.4 Å². The molecular formula is C36H40N2O8. The summed E-state index contributed by atoms with van der Waals surface area (Å²) in [6.07, 6.45) is 0.843. The number of rotatable bonds is 6. The molecule has 10 heteroatoms. The van der Waals surface area contributed by atoms with Crippen molar-refractivity contribution in [2.75, 3.05) is 17.7 Å². The van der Waals surface area contributed by atoms with Crippen LogP contribution in [0.5, 0.6) is 0 Å². The lowest BCUT2D eigenvalue weighted by Crippen LogP contribution is -2.66. The fourth-order valence-corrected chi connectivity index (χ4v) is 8.58. The third kappa shape index (κ3) is 4.52. The lowest BCUT2D eigenvalue weighted by molar-refractivity contribution is -0.191. The van der Waals surface area contributed by atoms with Gasteiger partial charge in [-0.25, -0.2) is 4.79 Å². The van der Waals surface area contributed by atoms with Crippen LogP contribution in [0.4, 0.5) is 11.4 Å². The predicted molar refractivity (Wildman–Crippen MR) is 169 cm³/mol. The van der Waals surface area contributed by atoms with Crippen molar-refractivity contribution in [1.82, 2.24) is 0 Å². The minimum absolute atomic E-state index is 0.0285. The molecule has 2 aromatic carbocycles. The third-order valence-corrected chi connectivity index (χ3v) is 11.0. The number of ether oxygens (including phenoxy) is 2. The van der Waals surface area contributed by atoms with E-state index in [1.807, 2.05) is 6.92 Å². The van der Waals surface area contributed by atoms with Gasteiger partial charge in [-0.2, -0.15) is 0 Å². The zero-order valence-electron chi connectivity index (χ0n) is 26.6. The molecule has 6 rings (SSSR count). The predicted octanol–water partition coefficient (Wildman–Crippen LogP) is 4.09. The highest BCUT2D eigenvalue weighted by Crippen LogP contribution is 2.71. The third-order valence-electron chi connectivity index (χ3n) is 11.0. The Morgan fingerprint density at radius 3 is 2.39 bits per heavy atom. The number of para-hydroxylation sites is 2. The summed E-state index contributed by atoms with van der Waals surface area (Å²) in [6.45, 7) is 8.65. The summed E-state index contributed by atoms with van der Waals surface area (Å²) < 4.78 is 11.6. The SMILES string of the molecule is CC(=O)OCC1=CC2C(=O)C3(C=C(C)C(O)C3(O)C1OC(=O)c1ccccc1NC(=O)c1ccccc1N)C(C)CC1C2C1(C)C. The molecule has 242 valence electrons. The Morgan fingerprint density at radius 1 is 1.07 bits per heavy atom. The topological polar surface area (TPSA) is 165 Å². The molecule has 2 fully saturated rings. The van der Waals surface area contributed by atoms with Crippen LogP contribution in [-0.2, 0) is 19.1 Å². The van der Waals surface area contributed by atoms with Gasteiger partial charge < -0.3 is 30.7 Å². The molecule has 8 unspecified atom stereocenters. The molecule has 0 radical (unpaired) electrons. The molecule has 0 aromatic heterocycles. The fourth-order valence-electron chi connectivity index (χ4n) is 8.58. The lowest BCUT2D eigenvalue weighted by Gasteiger charge is -2.49. The summed E-state index contributed by atoms with van der Waals surface area (Å²) in [7, 11) is 0. The summed E-state index contributed by atoms with van der Waals surface area (Å²) >= 11 is 0. The van der Waals surface area contributed by atoms with E-state index in [-0.39, 0.29) is 57.7 Å². The maximum Gasteiger partial charge on any atom is 0.340 e. The van der Waals surface area contributed by atoms with Gasteiger partial charge in [-0.05, 0) is 66.4 Å². The zero-order chi connectivity index (χ0) is 33.3. The summed E-state index contributed by atoms with van der Waals surface area (Å²) in [4.78, 5) is 54.0. The minimum Gasteiger partial charge on any atom is -0.461 e. The second kappa shape index (κ2) is 10.9. The Hall–Kier alpha value is -4.28. The number of aliphatic hydroxyl groups is 2. The van der Waals surface area contributed by atoms with Crippen molar-refractivity contribution in [3.63, 3.8) is 0 Å². The quantitative estimate of drug-likeness (QED) is 0.210. The van der Waals surface area contributed by atoms with E-state index in [9.17, 15) is 29.4 Å². The van der Waals surface area contributed by atoms with E-state index in [1.54, 1.807) is 55.5 Å². The Balaban J connectivity index is 1.45. The first-order valence-electron chi connectivity index (χ1n) is 15.6. The number of benzene rings is 2. The molecule has 0 saturated heterocycles. The number of carbonyl (C=O) groups excluding carboxylic acids is 4. The van der Waals surface area contributed by atoms with E-state index < -0.39 is 52.9 Å². The highest BCUT2D eigenvalue weighted by Gasteiger charge is 2.76. The normalized spacial score (nSPS) is 33.7. The molecule has 0 aliphatic heterocycles. The van der Waals surface area contributed by atoms with Gasteiger partial charge >= 0.3 is 11.9 Å². The molecule has 1 amide bonds. The minimum atomic E-state index is -2.30. The first kappa shape index (κ1) is 31.7. The summed E-state index contributed by atoms with van der Waals surface area (Å²) in [5.41, 5.74) is 3.13. The average molecular weight is 629 g/mol. The molecule has 10 nitrogen and oxygen atoms in total. The maximum absolute atomic E-state index is 14.7. The first-order chi connectivity index (χ1) is 21.7. The van der Waals surface area contributed by atoms with Crippen LogP contribution in [0.15, 0.2) is 71.8 Å². The molecule has 2 aromatic rings. The summed E-state index contributed by atoms with van der Waals surface area (Å²) in [5.74, 6) is -3.23. The molecule has 8 atom stereocenters. The Kier molecular flexibility index (Phi) is 7.52. The van der Waals surface area contributed by atoms with Gasteiger partial charge in [0, 0.05) is 24.1 Å². The number of nitrogen functional groups attached to an aromatic ring is 1. The molecule has 1 spiro atoms. The zero-order valence-corrected chi connectivity index (χ0v) is 26.6. The van der Waals surface area contributed by atoms with E-state index in [1.165, 1.54) is 19.1 Å². The molecule has 5 N–H and O–H groups in total. The molecule has 46 heavy (non-hydrogen) atoms. The van der Waals surface area contributed by atoms with Crippen molar-refractivity contribution in [2.24, 2.45) is 34.5 Å². The lowest BCUT2D eigenvalue weighted by atomic mass is 9.59. The number of aliphatic hydroxyl groups excluding tert-OH is 1.